The van der Waals surface area contributed by atoms with E-state index in [-0.39, 0.29) is 6.42 Å². The standard InChI is InChI=1S/C20H23NO5/c1-13-5-10-18(25-4)15(11-13)12-19(22)26-14(2)20(23)21-16-6-8-17(24-3)9-7-16/h5-11,14H,12H2,1-4H3,(H,21,23)/t14-/m1/s1. The molecule has 0 aliphatic heterocycles. The molecule has 0 bridgehead atoms. The Kier molecular flexibility index (Phi) is 6.60. The summed E-state index contributed by atoms with van der Waals surface area (Å²) in [5.41, 5.74) is 2.33. The first-order valence-electron chi connectivity index (χ1n) is 8.21. The average Bonchev–Trinajstić information content (AvgIpc) is 2.62. The Bertz CT molecular complexity index is 770. The molecule has 0 fully saturated rings. The minimum absolute atomic E-state index is 0.0327. The van der Waals surface area contributed by atoms with Crippen molar-refractivity contribution < 1.29 is 23.8 Å². The lowest BCUT2D eigenvalue weighted by atomic mass is 10.1. The van der Waals surface area contributed by atoms with Gasteiger partial charge in [-0.2, -0.15) is 0 Å². The van der Waals surface area contributed by atoms with Crippen LogP contribution in [-0.2, 0) is 20.7 Å². The third-order valence-corrected chi connectivity index (χ3v) is 3.81. The fourth-order valence-electron chi connectivity index (χ4n) is 2.41. The van der Waals surface area contributed by atoms with Gasteiger partial charge in [-0.25, -0.2) is 0 Å². The van der Waals surface area contributed by atoms with Crippen molar-refractivity contribution in [1.29, 1.82) is 0 Å². The van der Waals surface area contributed by atoms with Gasteiger partial charge in [-0.15, -0.1) is 0 Å². The van der Waals surface area contributed by atoms with E-state index < -0.39 is 18.0 Å². The molecule has 1 amide bonds. The summed E-state index contributed by atoms with van der Waals surface area (Å²) in [6.45, 7) is 3.46. The highest BCUT2D eigenvalue weighted by atomic mass is 16.5. The SMILES string of the molecule is COc1ccc(NC(=O)[C@@H](C)OC(=O)Cc2cc(C)ccc2OC)cc1. The monoisotopic (exact) mass is 357 g/mol. The zero-order valence-electron chi connectivity index (χ0n) is 15.4. The molecule has 0 saturated carbocycles. The van der Waals surface area contributed by atoms with E-state index in [1.54, 1.807) is 44.6 Å². The van der Waals surface area contributed by atoms with Crippen LogP contribution in [0.15, 0.2) is 42.5 Å². The predicted octanol–water partition coefficient (Wildman–Crippen LogP) is 3.13. The van der Waals surface area contributed by atoms with Crippen molar-refractivity contribution in [2.45, 2.75) is 26.4 Å². The van der Waals surface area contributed by atoms with E-state index in [1.165, 1.54) is 6.92 Å². The molecule has 26 heavy (non-hydrogen) atoms. The first kappa shape index (κ1) is 19.3. The van der Waals surface area contributed by atoms with Gasteiger partial charge in [-0.05, 0) is 44.2 Å². The molecular weight excluding hydrogens is 334 g/mol. The lowest BCUT2D eigenvalue weighted by Gasteiger charge is -2.15. The van der Waals surface area contributed by atoms with Crippen LogP contribution in [-0.4, -0.2) is 32.2 Å². The van der Waals surface area contributed by atoms with Gasteiger partial charge in [0.25, 0.3) is 5.91 Å². The quantitative estimate of drug-likeness (QED) is 0.771. The lowest BCUT2D eigenvalue weighted by molar-refractivity contribution is -0.152. The van der Waals surface area contributed by atoms with Crippen molar-refractivity contribution in [3.8, 4) is 11.5 Å². The first-order chi connectivity index (χ1) is 12.4. The molecule has 0 aliphatic carbocycles. The van der Waals surface area contributed by atoms with Crippen molar-refractivity contribution in [3.05, 3.63) is 53.6 Å². The number of hydrogen-bond acceptors (Lipinski definition) is 5. The molecule has 6 heteroatoms. The number of nitrogens with one attached hydrogen (secondary N) is 1. The molecule has 1 N–H and O–H groups in total. The maximum absolute atomic E-state index is 12.2. The van der Waals surface area contributed by atoms with E-state index in [1.807, 2.05) is 19.1 Å². The molecule has 0 spiro atoms. The zero-order chi connectivity index (χ0) is 19.1. The van der Waals surface area contributed by atoms with E-state index in [4.69, 9.17) is 14.2 Å². The summed E-state index contributed by atoms with van der Waals surface area (Å²) < 4.78 is 15.6. The van der Waals surface area contributed by atoms with Crippen LogP contribution in [0, 0.1) is 6.92 Å². The van der Waals surface area contributed by atoms with Gasteiger partial charge >= 0.3 is 5.97 Å². The molecule has 0 aromatic heterocycles. The van der Waals surface area contributed by atoms with Gasteiger partial charge in [0, 0.05) is 11.3 Å². The summed E-state index contributed by atoms with van der Waals surface area (Å²) in [6, 6.07) is 12.5. The van der Waals surface area contributed by atoms with Crippen LogP contribution in [0.5, 0.6) is 11.5 Å². The number of aryl methyl sites for hydroxylation is 1. The molecule has 0 saturated heterocycles. The maximum Gasteiger partial charge on any atom is 0.311 e. The molecular formula is C20H23NO5. The van der Waals surface area contributed by atoms with Crippen LogP contribution in [0.25, 0.3) is 0 Å². The summed E-state index contributed by atoms with van der Waals surface area (Å²) in [6.07, 6.45) is -0.884. The highest BCUT2D eigenvalue weighted by Crippen LogP contribution is 2.21. The van der Waals surface area contributed by atoms with Crippen molar-refractivity contribution in [1.82, 2.24) is 0 Å². The van der Waals surface area contributed by atoms with Gasteiger partial charge < -0.3 is 19.5 Å². The van der Waals surface area contributed by atoms with E-state index >= 15 is 0 Å². The van der Waals surface area contributed by atoms with Crippen molar-refractivity contribution in [2.75, 3.05) is 19.5 Å². The van der Waals surface area contributed by atoms with Crippen LogP contribution in [0.3, 0.4) is 0 Å². The van der Waals surface area contributed by atoms with Gasteiger partial charge in [-0.1, -0.05) is 17.7 Å². The van der Waals surface area contributed by atoms with Crippen LogP contribution < -0.4 is 14.8 Å². The highest BCUT2D eigenvalue weighted by Gasteiger charge is 2.19. The van der Waals surface area contributed by atoms with Crippen LogP contribution >= 0.6 is 0 Å². The molecule has 0 unspecified atom stereocenters. The predicted molar refractivity (Wildman–Crippen MR) is 98.6 cm³/mol. The van der Waals surface area contributed by atoms with Crippen molar-refractivity contribution in [2.24, 2.45) is 0 Å². The summed E-state index contributed by atoms with van der Waals surface area (Å²) in [5.74, 6) is 0.406. The van der Waals surface area contributed by atoms with Crippen molar-refractivity contribution >= 4 is 17.6 Å². The molecule has 1 atom stereocenters. The lowest BCUT2D eigenvalue weighted by Crippen LogP contribution is -2.30. The minimum Gasteiger partial charge on any atom is -0.497 e. The maximum atomic E-state index is 12.2. The Morgan fingerprint density at radius 3 is 2.35 bits per heavy atom. The third kappa shape index (κ3) is 5.24. The molecule has 2 aromatic rings. The second-order valence-corrected chi connectivity index (χ2v) is 5.84. The average molecular weight is 357 g/mol. The van der Waals surface area contributed by atoms with E-state index in [9.17, 15) is 9.59 Å². The Morgan fingerprint density at radius 1 is 1.04 bits per heavy atom. The second kappa shape index (κ2) is 8.89. The second-order valence-electron chi connectivity index (χ2n) is 5.84. The largest absolute Gasteiger partial charge is 0.497 e. The van der Waals surface area contributed by atoms with Crippen LogP contribution in [0.4, 0.5) is 5.69 Å². The number of carbonyl (C=O) groups is 2. The summed E-state index contributed by atoms with van der Waals surface area (Å²) >= 11 is 0. The first-order valence-corrected chi connectivity index (χ1v) is 8.21. The van der Waals surface area contributed by atoms with Crippen LogP contribution in [0.1, 0.15) is 18.1 Å². The minimum atomic E-state index is -0.916. The topological polar surface area (TPSA) is 73.9 Å². The number of benzene rings is 2. The Labute approximate surface area is 153 Å². The van der Waals surface area contributed by atoms with Gasteiger partial charge in [0.1, 0.15) is 11.5 Å². The number of hydrogen-bond donors (Lipinski definition) is 1. The number of anilines is 1. The third-order valence-electron chi connectivity index (χ3n) is 3.81. The van der Waals surface area contributed by atoms with Gasteiger partial charge in [0.05, 0.1) is 20.6 Å². The van der Waals surface area contributed by atoms with Crippen LogP contribution in [0.2, 0.25) is 0 Å². The number of carbonyl (C=O) groups excluding carboxylic acids is 2. The summed E-state index contributed by atoms with van der Waals surface area (Å²) in [5, 5.41) is 2.70. The van der Waals surface area contributed by atoms with Crippen molar-refractivity contribution in [3.63, 3.8) is 0 Å². The molecule has 2 aromatic carbocycles. The smallest absolute Gasteiger partial charge is 0.311 e. The molecule has 0 radical (unpaired) electrons. The molecule has 2 rings (SSSR count). The Morgan fingerprint density at radius 2 is 1.73 bits per heavy atom. The van der Waals surface area contributed by atoms with Gasteiger partial charge in [-0.3, -0.25) is 9.59 Å². The number of esters is 1. The normalized spacial score (nSPS) is 11.4. The summed E-state index contributed by atoms with van der Waals surface area (Å²) in [4.78, 5) is 24.4. The van der Waals surface area contributed by atoms with E-state index in [0.717, 1.165) is 11.1 Å². The highest BCUT2D eigenvalue weighted by molar-refractivity contribution is 5.95. The Balaban J connectivity index is 1.93. The number of methoxy groups -OCH3 is 2. The van der Waals surface area contributed by atoms with Gasteiger partial charge in [0.2, 0.25) is 0 Å². The van der Waals surface area contributed by atoms with E-state index in [0.29, 0.717) is 17.2 Å². The molecule has 0 heterocycles. The number of rotatable bonds is 7. The fraction of sp³-hybridized carbons (Fsp3) is 0.300. The van der Waals surface area contributed by atoms with E-state index in [2.05, 4.69) is 5.32 Å². The fourth-order valence-corrected chi connectivity index (χ4v) is 2.41. The molecule has 138 valence electrons. The number of amides is 1. The molecule has 6 nitrogen and oxygen atoms in total. The number of ether oxygens (including phenoxy) is 3. The Hall–Kier alpha value is -3.02. The zero-order valence-corrected chi connectivity index (χ0v) is 15.4. The summed E-state index contributed by atoms with van der Waals surface area (Å²) in [7, 11) is 3.11. The molecule has 0 aliphatic rings. The van der Waals surface area contributed by atoms with Gasteiger partial charge in [0.15, 0.2) is 6.10 Å².